The fraction of sp³-hybridized carbons (Fsp3) is 0.438. The van der Waals surface area contributed by atoms with Crippen LogP contribution in [0, 0.1) is 6.92 Å². The number of nitrogen functional groups attached to an aromatic ring is 1. The van der Waals surface area contributed by atoms with Gasteiger partial charge in [0.15, 0.2) is 11.6 Å². The maximum atomic E-state index is 6.01. The summed E-state index contributed by atoms with van der Waals surface area (Å²) in [5.41, 5.74) is 8.83. The van der Waals surface area contributed by atoms with E-state index in [1.807, 2.05) is 25.1 Å². The SMILES string of the molecule is CCC(C)(C)c1onc(N)c1-c1ccc(C)c(OC)c1. The van der Waals surface area contributed by atoms with Crippen molar-refractivity contribution in [3.8, 4) is 16.9 Å². The molecule has 2 N–H and O–H groups in total. The number of hydrogen-bond acceptors (Lipinski definition) is 4. The first-order valence-electron chi connectivity index (χ1n) is 6.81. The molecule has 2 rings (SSSR count). The molecule has 0 amide bonds. The van der Waals surface area contributed by atoms with Crippen molar-refractivity contribution in [2.75, 3.05) is 12.8 Å². The van der Waals surface area contributed by atoms with Crippen LogP contribution in [0.5, 0.6) is 5.75 Å². The van der Waals surface area contributed by atoms with Crippen LogP contribution < -0.4 is 10.5 Å². The molecule has 0 spiro atoms. The van der Waals surface area contributed by atoms with Gasteiger partial charge in [-0.2, -0.15) is 0 Å². The van der Waals surface area contributed by atoms with E-state index < -0.39 is 0 Å². The van der Waals surface area contributed by atoms with Crippen LogP contribution in [0.1, 0.15) is 38.5 Å². The molecule has 1 heterocycles. The Morgan fingerprint density at radius 1 is 1.35 bits per heavy atom. The largest absolute Gasteiger partial charge is 0.496 e. The lowest BCUT2D eigenvalue weighted by atomic mass is 9.83. The Bertz CT molecular complexity index is 615. The zero-order chi connectivity index (χ0) is 14.9. The van der Waals surface area contributed by atoms with Crippen molar-refractivity contribution >= 4 is 5.82 Å². The van der Waals surface area contributed by atoms with Gasteiger partial charge in [-0.05, 0) is 30.5 Å². The van der Waals surface area contributed by atoms with Crippen LogP contribution in [0.15, 0.2) is 22.7 Å². The van der Waals surface area contributed by atoms with E-state index in [2.05, 4.69) is 25.9 Å². The number of aryl methyl sites for hydroxylation is 1. The van der Waals surface area contributed by atoms with Crippen LogP contribution in [-0.2, 0) is 5.41 Å². The molecule has 108 valence electrons. The zero-order valence-corrected chi connectivity index (χ0v) is 12.8. The second kappa shape index (κ2) is 5.19. The average Bonchev–Trinajstić information content (AvgIpc) is 2.82. The normalized spacial score (nSPS) is 11.7. The summed E-state index contributed by atoms with van der Waals surface area (Å²) < 4.78 is 10.9. The van der Waals surface area contributed by atoms with Crippen LogP contribution in [0.3, 0.4) is 0 Å². The molecule has 0 unspecified atom stereocenters. The molecular formula is C16H22N2O2. The van der Waals surface area contributed by atoms with Crippen molar-refractivity contribution in [3.63, 3.8) is 0 Å². The molecular weight excluding hydrogens is 252 g/mol. The first-order valence-corrected chi connectivity index (χ1v) is 6.81. The Morgan fingerprint density at radius 3 is 2.65 bits per heavy atom. The van der Waals surface area contributed by atoms with Crippen LogP contribution in [-0.4, -0.2) is 12.3 Å². The molecule has 0 aliphatic carbocycles. The van der Waals surface area contributed by atoms with Gasteiger partial charge in [0.2, 0.25) is 0 Å². The lowest BCUT2D eigenvalue weighted by Crippen LogP contribution is -2.15. The van der Waals surface area contributed by atoms with Crippen molar-refractivity contribution in [2.45, 2.75) is 39.5 Å². The smallest absolute Gasteiger partial charge is 0.175 e. The summed E-state index contributed by atoms with van der Waals surface area (Å²) in [6, 6.07) is 6.02. The second-order valence-electron chi connectivity index (χ2n) is 5.69. The number of ether oxygens (including phenoxy) is 1. The maximum Gasteiger partial charge on any atom is 0.175 e. The predicted octanol–water partition coefficient (Wildman–Crippen LogP) is 3.93. The number of nitrogens with zero attached hydrogens (tertiary/aromatic N) is 1. The van der Waals surface area contributed by atoms with Gasteiger partial charge in [0.25, 0.3) is 0 Å². The van der Waals surface area contributed by atoms with Gasteiger partial charge in [-0.3, -0.25) is 0 Å². The summed E-state index contributed by atoms with van der Waals surface area (Å²) >= 11 is 0. The standard InChI is InChI=1S/C16H22N2O2/c1-6-16(3,4)14-13(15(17)18-20-14)11-8-7-10(2)12(9-11)19-5/h7-9H,6H2,1-5H3,(H2,17,18). The van der Waals surface area contributed by atoms with E-state index in [0.29, 0.717) is 5.82 Å². The van der Waals surface area contributed by atoms with E-state index in [9.17, 15) is 0 Å². The van der Waals surface area contributed by atoms with E-state index in [0.717, 1.165) is 34.6 Å². The molecule has 1 aromatic carbocycles. The number of anilines is 1. The molecule has 0 saturated carbocycles. The number of aromatic nitrogens is 1. The van der Waals surface area contributed by atoms with Crippen molar-refractivity contribution in [2.24, 2.45) is 0 Å². The fourth-order valence-electron chi connectivity index (χ4n) is 2.18. The van der Waals surface area contributed by atoms with Gasteiger partial charge in [-0.1, -0.05) is 38.1 Å². The van der Waals surface area contributed by atoms with E-state index in [4.69, 9.17) is 15.0 Å². The van der Waals surface area contributed by atoms with Crippen molar-refractivity contribution in [1.29, 1.82) is 0 Å². The zero-order valence-electron chi connectivity index (χ0n) is 12.8. The number of benzene rings is 1. The highest BCUT2D eigenvalue weighted by Crippen LogP contribution is 2.40. The summed E-state index contributed by atoms with van der Waals surface area (Å²) in [6.07, 6.45) is 0.942. The fourth-order valence-corrected chi connectivity index (χ4v) is 2.18. The number of rotatable bonds is 4. The monoisotopic (exact) mass is 274 g/mol. The maximum absolute atomic E-state index is 6.01. The van der Waals surface area contributed by atoms with Crippen molar-refractivity contribution < 1.29 is 9.26 Å². The molecule has 2 aromatic rings. The third kappa shape index (κ3) is 2.38. The Hall–Kier alpha value is -1.97. The molecule has 0 radical (unpaired) electrons. The summed E-state index contributed by atoms with van der Waals surface area (Å²) in [7, 11) is 1.67. The highest BCUT2D eigenvalue weighted by Gasteiger charge is 2.29. The van der Waals surface area contributed by atoms with Gasteiger partial charge in [0.05, 0.1) is 12.7 Å². The Morgan fingerprint density at radius 2 is 2.05 bits per heavy atom. The topological polar surface area (TPSA) is 61.3 Å². The lowest BCUT2D eigenvalue weighted by molar-refractivity contribution is 0.313. The van der Waals surface area contributed by atoms with Crippen molar-refractivity contribution in [1.82, 2.24) is 5.16 Å². The van der Waals surface area contributed by atoms with Crippen LogP contribution >= 0.6 is 0 Å². The summed E-state index contributed by atoms with van der Waals surface area (Å²) in [5.74, 6) is 2.08. The molecule has 4 heteroatoms. The Kier molecular flexibility index (Phi) is 3.75. The second-order valence-corrected chi connectivity index (χ2v) is 5.69. The summed E-state index contributed by atoms with van der Waals surface area (Å²) in [4.78, 5) is 0. The van der Waals surface area contributed by atoms with Crippen LogP contribution in [0.2, 0.25) is 0 Å². The first-order chi connectivity index (χ1) is 9.40. The molecule has 0 aliphatic rings. The summed E-state index contributed by atoms with van der Waals surface area (Å²) in [5, 5.41) is 3.95. The summed E-state index contributed by atoms with van der Waals surface area (Å²) in [6.45, 7) is 8.39. The van der Waals surface area contributed by atoms with Gasteiger partial charge in [-0.25, -0.2) is 0 Å². The minimum Gasteiger partial charge on any atom is -0.496 e. The lowest BCUT2D eigenvalue weighted by Gasteiger charge is -2.20. The minimum absolute atomic E-state index is 0.113. The molecule has 4 nitrogen and oxygen atoms in total. The van der Waals surface area contributed by atoms with E-state index in [1.165, 1.54) is 0 Å². The number of hydrogen-bond donors (Lipinski definition) is 1. The Balaban J connectivity index is 2.61. The van der Waals surface area contributed by atoms with Gasteiger partial charge >= 0.3 is 0 Å². The molecule has 1 aromatic heterocycles. The van der Waals surface area contributed by atoms with Gasteiger partial charge in [0, 0.05) is 5.41 Å². The predicted molar refractivity (Wildman–Crippen MR) is 81.0 cm³/mol. The molecule has 0 bridgehead atoms. The van der Waals surface area contributed by atoms with Crippen LogP contribution in [0.25, 0.3) is 11.1 Å². The molecule has 0 aliphatic heterocycles. The van der Waals surface area contributed by atoms with Gasteiger partial charge < -0.3 is 15.0 Å². The molecule has 0 fully saturated rings. The van der Waals surface area contributed by atoms with E-state index >= 15 is 0 Å². The minimum atomic E-state index is -0.113. The van der Waals surface area contributed by atoms with Gasteiger partial charge in [0.1, 0.15) is 5.75 Å². The first kappa shape index (κ1) is 14.4. The molecule has 0 atom stereocenters. The Labute approximate surface area is 119 Å². The quantitative estimate of drug-likeness (QED) is 0.917. The third-order valence-corrected chi connectivity index (χ3v) is 3.91. The third-order valence-electron chi connectivity index (χ3n) is 3.91. The van der Waals surface area contributed by atoms with Crippen LogP contribution in [0.4, 0.5) is 5.82 Å². The number of nitrogens with two attached hydrogens (primary N) is 1. The van der Waals surface area contributed by atoms with E-state index in [1.54, 1.807) is 7.11 Å². The number of methoxy groups -OCH3 is 1. The molecule has 20 heavy (non-hydrogen) atoms. The van der Waals surface area contributed by atoms with Gasteiger partial charge in [-0.15, -0.1) is 0 Å². The van der Waals surface area contributed by atoms with E-state index in [-0.39, 0.29) is 5.41 Å². The highest BCUT2D eigenvalue weighted by molar-refractivity contribution is 5.77. The van der Waals surface area contributed by atoms with Crippen molar-refractivity contribution in [3.05, 3.63) is 29.5 Å². The highest BCUT2D eigenvalue weighted by atomic mass is 16.5. The molecule has 0 saturated heterocycles. The average molecular weight is 274 g/mol.